The molecule has 1 aliphatic heterocycles. The van der Waals surface area contributed by atoms with Gasteiger partial charge in [-0.25, -0.2) is 4.79 Å². The number of aliphatic hydroxyl groups is 1. The first-order valence-corrected chi connectivity index (χ1v) is 7.34. The van der Waals surface area contributed by atoms with Gasteiger partial charge in [0.1, 0.15) is 0 Å². The number of hydrogen-bond donors (Lipinski definition) is 2. The number of urea groups is 1. The zero-order valence-electron chi connectivity index (χ0n) is 9.70. The molecule has 1 heterocycles. The fraction of sp³-hybridized carbons (Fsp3) is 0.417. The second kappa shape index (κ2) is 6.04. The third kappa shape index (κ3) is 3.46. The van der Waals surface area contributed by atoms with E-state index in [1.54, 1.807) is 4.90 Å². The third-order valence-corrected chi connectivity index (χ3v) is 4.01. The van der Waals surface area contributed by atoms with Crippen LogP contribution in [-0.2, 0) is 0 Å². The van der Waals surface area contributed by atoms with Crippen LogP contribution in [0.4, 0.5) is 10.5 Å². The summed E-state index contributed by atoms with van der Waals surface area (Å²) >= 11 is 6.76. The zero-order chi connectivity index (χ0) is 13.1. The molecule has 1 atom stereocenters. The maximum atomic E-state index is 12.0. The molecular weight excluding hydrogens is 364 g/mol. The maximum Gasteiger partial charge on any atom is 0.321 e. The lowest BCUT2D eigenvalue weighted by Gasteiger charge is -2.30. The topological polar surface area (TPSA) is 52.6 Å². The monoisotopic (exact) mass is 376 g/mol. The van der Waals surface area contributed by atoms with E-state index >= 15 is 0 Å². The van der Waals surface area contributed by atoms with Crippen LogP contribution in [-0.4, -0.2) is 35.2 Å². The third-order valence-electron chi connectivity index (χ3n) is 2.86. The predicted octanol–water partition coefficient (Wildman–Crippen LogP) is 3.20. The maximum absolute atomic E-state index is 12.0. The predicted molar refractivity (Wildman–Crippen MR) is 77.7 cm³/mol. The molecule has 0 aliphatic carbocycles. The molecule has 0 bridgehead atoms. The molecule has 1 fully saturated rings. The molecule has 18 heavy (non-hydrogen) atoms. The number of piperidine rings is 1. The molecule has 0 aromatic heterocycles. The number of aliphatic hydroxyl groups excluding tert-OH is 1. The van der Waals surface area contributed by atoms with Crippen LogP contribution in [0.25, 0.3) is 0 Å². The van der Waals surface area contributed by atoms with Crippen LogP contribution in [0.1, 0.15) is 12.8 Å². The minimum absolute atomic E-state index is 0.170. The van der Waals surface area contributed by atoms with Gasteiger partial charge >= 0.3 is 6.03 Å². The first-order valence-electron chi connectivity index (χ1n) is 5.75. The average Bonchev–Trinajstić information content (AvgIpc) is 2.32. The highest BCUT2D eigenvalue weighted by atomic mass is 79.9. The average molecular weight is 378 g/mol. The summed E-state index contributed by atoms with van der Waals surface area (Å²) in [6, 6.07) is 5.40. The Hall–Kier alpha value is -0.590. The van der Waals surface area contributed by atoms with Crippen molar-refractivity contribution in [2.75, 3.05) is 18.4 Å². The van der Waals surface area contributed by atoms with E-state index in [4.69, 9.17) is 0 Å². The van der Waals surface area contributed by atoms with Crippen molar-refractivity contribution in [3.05, 3.63) is 27.1 Å². The molecule has 0 saturated carbocycles. The molecular formula is C12H14Br2N2O2. The van der Waals surface area contributed by atoms with E-state index in [1.807, 2.05) is 18.2 Å². The molecule has 98 valence electrons. The minimum atomic E-state index is -0.405. The van der Waals surface area contributed by atoms with E-state index in [1.165, 1.54) is 0 Å². The van der Waals surface area contributed by atoms with Crippen LogP contribution in [0, 0.1) is 0 Å². The van der Waals surface area contributed by atoms with Crippen molar-refractivity contribution in [3.8, 4) is 0 Å². The van der Waals surface area contributed by atoms with Gasteiger partial charge in [0.05, 0.1) is 11.8 Å². The number of β-amino-alcohol motifs (C(OH)–C–C–N with tert-alkyl or cyclic N) is 1. The molecule has 1 aromatic rings. The van der Waals surface area contributed by atoms with Crippen LogP contribution in [0.3, 0.4) is 0 Å². The molecule has 2 rings (SSSR count). The lowest BCUT2D eigenvalue weighted by molar-refractivity contribution is 0.0883. The number of likely N-dealkylation sites (tertiary alicyclic amines) is 1. The molecule has 4 nitrogen and oxygen atoms in total. The molecule has 2 amide bonds. The van der Waals surface area contributed by atoms with E-state index in [-0.39, 0.29) is 6.03 Å². The van der Waals surface area contributed by atoms with Gasteiger partial charge in [-0.05, 0) is 47.0 Å². The van der Waals surface area contributed by atoms with Crippen molar-refractivity contribution in [2.45, 2.75) is 18.9 Å². The first kappa shape index (κ1) is 13.8. The summed E-state index contributed by atoms with van der Waals surface area (Å²) in [4.78, 5) is 13.7. The normalized spacial score (nSPS) is 19.7. The van der Waals surface area contributed by atoms with E-state index in [0.717, 1.165) is 27.5 Å². The fourth-order valence-electron chi connectivity index (χ4n) is 1.92. The number of benzene rings is 1. The van der Waals surface area contributed by atoms with Gasteiger partial charge in [-0.15, -0.1) is 0 Å². The molecule has 1 aromatic carbocycles. The number of amides is 2. The molecule has 2 N–H and O–H groups in total. The largest absolute Gasteiger partial charge is 0.391 e. The Balaban J connectivity index is 2.02. The Morgan fingerprint density at radius 1 is 1.44 bits per heavy atom. The fourth-order valence-corrected chi connectivity index (χ4v) is 3.07. The molecule has 0 radical (unpaired) electrons. The summed E-state index contributed by atoms with van der Waals surface area (Å²) in [7, 11) is 0. The summed E-state index contributed by atoms with van der Waals surface area (Å²) < 4.78 is 1.77. The minimum Gasteiger partial charge on any atom is -0.391 e. The highest BCUT2D eigenvalue weighted by Gasteiger charge is 2.22. The van der Waals surface area contributed by atoms with Crippen molar-refractivity contribution in [2.24, 2.45) is 0 Å². The van der Waals surface area contributed by atoms with Gasteiger partial charge in [0.25, 0.3) is 0 Å². The summed E-state index contributed by atoms with van der Waals surface area (Å²) in [5, 5.41) is 12.4. The Morgan fingerprint density at radius 2 is 2.22 bits per heavy atom. The van der Waals surface area contributed by atoms with Crippen LogP contribution >= 0.6 is 31.9 Å². The Labute approximate surface area is 123 Å². The molecule has 0 spiro atoms. The lowest BCUT2D eigenvalue weighted by Crippen LogP contribution is -2.44. The highest BCUT2D eigenvalue weighted by Crippen LogP contribution is 2.26. The number of rotatable bonds is 1. The number of nitrogens with one attached hydrogen (secondary N) is 1. The van der Waals surface area contributed by atoms with Gasteiger partial charge in [0.2, 0.25) is 0 Å². The second-order valence-electron chi connectivity index (χ2n) is 4.30. The van der Waals surface area contributed by atoms with E-state index < -0.39 is 6.10 Å². The number of halogens is 2. The van der Waals surface area contributed by atoms with Gasteiger partial charge in [-0.3, -0.25) is 0 Å². The smallest absolute Gasteiger partial charge is 0.321 e. The molecule has 1 unspecified atom stereocenters. The number of carbonyl (C=O) groups is 1. The van der Waals surface area contributed by atoms with Crippen molar-refractivity contribution in [1.29, 1.82) is 0 Å². The Morgan fingerprint density at radius 3 is 2.89 bits per heavy atom. The van der Waals surface area contributed by atoms with Gasteiger partial charge in [-0.1, -0.05) is 15.9 Å². The number of nitrogens with zero attached hydrogens (tertiary/aromatic N) is 1. The summed E-state index contributed by atoms with van der Waals surface area (Å²) in [5.41, 5.74) is 0.725. The number of carbonyl (C=O) groups excluding carboxylic acids is 1. The van der Waals surface area contributed by atoms with E-state index in [0.29, 0.717) is 13.1 Å². The quantitative estimate of drug-likeness (QED) is 0.789. The molecule has 1 saturated heterocycles. The van der Waals surface area contributed by atoms with Crippen LogP contribution in [0.2, 0.25) is 0 Å². The SMILES string of the molecule is O=C(Nc1ccc(Br)cc1Br)N1CCCC(O)C1. The highest BCUT2D eigenvalue weighted by molar-refractivity contribution is 9.11. The first-order chi connectivity index (χ1) is 8.56. The Kier molecular flexibility index (Phi) is 4.64. The second-order valence-corrected chi connectivity index (χ2v) is 6.07. The number of anilines is 1. The van der Waals surface area contributed by atoms with Crippen molar-refractivity contribution in [1.82, 2.24) is 4.90 Å². The van der Waals surface area contributed by atoms with E-state index in [2.05, 4.69) is 37.2 Å². The van der Waals surface area contributed by atoms with E-state index in [9.17, 15) is 9.90 Å². The molecule has 1 aliphatic rings. The van der Waals surface area contributed by atoms with Crippen LogP contribution in [0.15, 0.2) is 27.1 Å². The van der Waals surface area contributed by atoms with Crippen molar-refractivity contribution < 1.29 is 9.90 Å². The summed E-state index contributed by atoms with van der Waals surface area (Å²) in [6.07, 6.45) is 1.21. The van der Waals surface area contributed by atoms with Gasteiger partial charge < -0.3 is 15.3 Å². The Bertz CT molecular complexity index is 454. The van der Waals surface area contributed by atoms with Crippen molar-refractivity contribution >= 4 is 43.6 Å². The van der Waals surface area contributed by atoms with Crippen LogP contribution < -0.4 is 5.32 Å². The van der Waals surface area contributed by atoms with Gasteiger partial charge in [0, 0.05) is 22.0 Å². The zero-order valence-corrected chi connectivity index (χ0v) is 12.9. The van der Waals surface area contributed by atoms with Crippen LogP contribution in [0.5, 0.6) is 0 Å². The summed E-state index contributed by atoms with van der Waals surface area (Å²) in [6.45, 7) is 1.09. The van der Waals surface area contributed by atoms with Gasteiger partial charge in [-0.2, -0.15) is 0 Å². The van der Waals surface area contributed by atoms with Crippen molar-refractivity contribution in [3.63, 3.8) is 0 Å². The molecule has 6 heteroatoms. The summed E-state index contributed by atoms with van der Waals surface area (Å²) in [5.74, 6) is 0. The number of hydrogen-bond acceptors (Lipinski definition) is 2. The lowest BCUT2D eigenvalue weighted by atomic mass is 10.1. The standard InChI is InChI=1S/C12H14Br2N2O2/c13-8-3-4-11(10(14)6-8)15-12(18)16-5-1-2-9(17)7-16/h3-4,6,9,17H,1-2,5,7H2,(H,15,18). The van der Waals surface area contributed by atoms with Gasteiger partial charge in [0.15, 0.2) is 0 Å².